The van der Waals surface area contributed by atoms with Gasteiger partial charge in [-0.2, -0.15) is 10.2 Å². The molecule has 0 fully saturated rings. The van der Waals surface area contributed by atoms with Crippen molar-refractivity contribution in [1.29, 1.82) is 0 Å². The minimum absolute atomic E-state index is 0.276. The molecule has 2 rings (SSSR count). The predicted molar refractivity (Wildman–Crippen MR) is 54.2 cm³/mol. The molecule has 0 unspecified atom stereocenters. The minimum Gasteiger partial charge on any atom is -0.366 e. The largest absolute Gasteiger partial charge is 0.366 e. The number of hydrogen-bond donors (Lipinski definition) is 1. The number of nitrogens with zero attached hydrogens (tertiary/aromatic N) is 4. The van der Waals surface area contributed by atoms with E-state index in [4.69, 9.17) is 5.73 Å². The highest BCUT2D eigenvalue weighted by molar-refractivity contribution is 5.92. The maximum Gasteiger partial charge on any atom is 0.251 e. The quantitative estimate of drug-likeness (QED) is 0.705. The van der Waals surface area contributed by atoms with Crippen LogP contribution in [0.1, 0.15) is 20.7 Å². The molecule has 0 aliphatic rings. The van der Waals surface area contributed by atoms with Gasteiger partial charge >= 0.3 is 0 Å². The van der Waals surface area contributed by atoms with E-state index in [1.165, 1.54) is 28.0 Å². The predicted octanol–water partition coefficient (Wildman–Crippen LogP) is -0.483. The number of hydrogen-bond acceptors (Lipinski definition) is 4. The number of rotatable bonds is 3. The van der Waals surface area contributed by atoms with Crippen molar-refractivity contribution in [2.45, 2.75) is 0 Å². The number of aromatic nitrogens is 4. The summed E-state index contributed by atoms with van der Waals surface area (Å²) >= 11 is 0. The molecule has 2 heterocycles. The molecule has 0 aromatic carbocycles. The van der Waals surface area contributed by atoms with Gasteiger partial charge in [0.2, 0.25) is 0 Å². The number of amides is 1. The van der Waals surface area contributed by atoms with Crippen LogP contribution in [0.3, 0.4) is 0 Å². The van der Waals surface area contributed by atoms with Crippen molar-refractivity contribution in [2.24, 2.45) is 12.8 Å². The van der Waals surface area contributed by atoms with E-state index >= 15 is 0 Å². The summed E-state index contributed by atoms with van der Waals surface area (Å²) in [6, 6.07) is 0. The van der Waals surface area contributed by atoms with Crippen LogP contribution >= 0.6 is 0 Å². The molecule has 7 heteroatoms. The van der Waals surface area contributed by atoms with Gasteiger partial charge in [0.05, 0.1) is 23.5 Å². The number of nitrogens with two attached hydrogens (primary N) is 1. The molecule has 2 aromatic heterocycles. The van der Waals surface area contributed by atoms with Gasteiger partial charge in [-0.1, -0.05) is 0 Å². The van der Waals surface area contributed by atoms with Crippen molar-refractivity contribution >= 4 is 12.2 Å². The van der Waals surface area contributed by atoms with Gasteiger partial charge in [-0.25, -0.2) is 4.68 Å². The Morgan fingerprint density at radius 3 is 2.75 bits per heavy atom. The first kappa shape index (κ1) is 10.1. The second-order valence-electron chi connectivity index (χ2n) is 3.20. The third-order valence-corrected chi connectivity index (χ3v) is 2.15. The Balaban J connectivity index is 2.53. The van der Waals surface area contributed by atoms with E-state index in [0.717, 1.165) is 0 Å². The molecule has 16 heavy (non-hydrogen) atoms. The van der Waals surface area contributed by atoms with Crippen LogP contribution in [0, 0.1) is 0 Å². The molecule has 82 valence electrons. The van der Waals surface area contributed by atoms with Gasteiger partial charge in [-0.3, -0.25) is 14.3 Å². The Morgan fingerprint density at radius 1 is 1.44 bits per heavy atom. The fraction of sp³-hybridized carbons (Fsp3) is 0.111. The summed E-state index contributed by atoms with van der Waals surface area (Å²) in [7, 11) is 1.67. The maximum atomic E-state index is 10.9. The summed E-state index contributed by atoms with van der Waals surface area (Å²) in [6.07, 6.45) is 4.89. The Morgan fingerprint density at radius 2 is 2.19 bits per heavy atom. The van der Waals surface area contributed by atoms with Crippen LogP contribution in [-0.2, 0) is 7.05 Å². The summed E-state index contributed by atoms with van der Waals surface area (Å²) in [5.74, 6) is -0.0800. The van der Waals surface area contributed by atoms with Crippen LogP contribution in [-0.4, -0.2) is 31.8 Å². The molecule has 1 amide bonds. The zero-order valence-corrected chi connectivity index (χ0v) is 8.49. The number of aldehydes is 1. The van der Waals surface area contributed by atoms with Crippen LogP contribution < -0.4 is 5.73 Å². The van der Waals surface area contributed by atoms with Crippen LogP contribution in [0.4, 0.5) is 0 Å². The monoisotopic (exact) mass is 219 g/mol. The Hall–Kier alpha value is -2.44. The number of carbonyl (C=O) groups is 2. The van der Waals surface area contributed by atoms with Crippen LogP contribution in [0.15, 0.2) is 18.6 Å². The SMILES string of the molecule is Cn1ncc(C=O)c1-n1cc(C(N)=O)cn1. The van der Waals surface area contributed by atoms with E-state index < -0.39 is 5.91 Å². The highest BCUT2D eigenvalue weighted by atomic mass is 16.1. The van der Waals surface area contributed by atoms with Crippen LogP contribution in [0.25, 0.3) is 5.82 Å². The highest BCUT2D eigenvalue weighted by Gasteiger charge is 2.12. The topological polar surface area (TPSA) is 95.8 Å². The maximum absolute atomic E-state index is 10.9. The molecule has 0 radical (unpaired) electrons. The smallest absolute Gasteiger partial charge is 0.251 e. The molecule has 0 bridgehead atoms. The first-order valence-electron chi connectivity index (χ1n) is 4.45. The lowest BCUT2D eigenvalue weighted by atomic mass is 10.3. The molecular formula is C9H9N5O2. The number of aryl methyl sites for hydroxylation is 1. The zero-order valence-electron chi connectivity index (χ0n) is 8.49. The molecule has 0 aliphatic heterocycles. The molecule has 0 saturated carbocycles. The molecule has 2 aromatic rings. The molecular weight excluding hydrogens is 210 g/mol. The van der Waals surface area contributed by atoms with Crippen LogP contribution in [0.2, 0.25) is 0 Å². The van der Waals surface area contributed by atoms with Crippen molar-refractivity contribution in [3.8, 4) is 5.82 Å². The summed E-state index contributed by atoms with van der Waals surface area (Å²) < 4.78 is 2.87. The summed E-state index contributed by atoms with van der Waals surface area (Å²) in [5, 5.41) is 7.87. The summed E-state index contributed by atoms with van der Waals surface area (Å²) in [4.78, 5) is 21.7. The Kier molecular flexibility index (Phi) is 2.28. The van der Waals surface area contributed by atoms with E-state index in [9.17, 15) is 9.59 Å². The van der Waals surface area contributed by atoms with Gasteiger partial charge in [0.15, 0.2) is 12.1 Å². The normalized spacial score (nSPS) is 10.3. The van der Waals surface area contributed by atoms with E-state index in [2.05, 4.69) is 10.2 Å². The van der Waals surface area contributed by atoms with Gasteiger partial charge in [0.1, 0.15) is 0 Å². The third-order valence-electron chi connectivity index (χ3n) is 2.15. The van der Waals surface area contributed by atoms with E-state index in [0.29, 0.717) is 17.7 Å². The highest BCUT2D eigenvalue weighted by Crippen LogP contribution is 2.11. The van der Waals surface area contributed by atoms with Crippen molar-refractivity contribution in [2.75, 3.05) is 0 Å². The molecule has 0 saturated heterocycles. The van der Waals surface area contributed by atoms with Crippen molar-refractivity contribution in [3.63, 3.8) is 0 Å². The van der Waals surface area contributed by atoms with Gasteiger partial charge in [-0.05, 0) is 0 Å². The standard InChI is InChI=1S/C9H9N5O2/c1-13-9(7(5-15)3-11-13)14-4-6(2-12-14)8(10)16/h2-5H,1H3,(H2,10,16). The fourth-order valence-corrected chi connectivity index (χ4v) is 1.38. The number of primary amides is 1. The fourth-order valence-electron chi connectivity index (χ4n) is 1.38. The minimum atomic E-state index is -0.568. The lowest BCUT2D eigenvalue weighted by molar-refractivity contribution is 0.1000. The van der Waals surface area contributed by atoms with Gasteiger partial charge < -0.3 is 5.73 Å². The lowest BCUT2D eigenvalue weighted by Crippen LogP contribution is -2.10. The first-order valence-corrected chi connectivity index (χ1v) is 4.45. The molecule has 0 spiro atoms. The number of carbonyl (C=O) groups excluding carboxylic acids is 2. The summed E-state index contributed by atoms with van der Waals surface area (Å²) in [6.45, 7) is 0. The van der Waals surface area contributed by atoms with Crippen molar-refractivity contribution < 1.29 is 9.59 Å². The lowest BCUT2D eigenvalue weighted by Gasteiger charge is -2.01. The third kappa shape index (κ3) is 1.48. The van der Waals surface area contributed by atoms with Crippen molar-refractivity contribution in [1.82, 2.24) is 19.6 Å². The second kappa shape index (κ2) is 3.61. The molecule has 7 nitrogen and oxygen atoms in total. The van der Waals surface area contributed by atoms with E-state index in [1.807, 2.05) is 0 Å². The molecule has 2 N–H and O–H groups in total. The molecule has 0 aliphatic carbocycles. The average molecular weight is 219 g/mol. The van der Waals surface area contributed by atoms with E-state index in [1.54, 1.807) is 7.05 Å². The van der Waals surface area contributed by atoms with Gasteiger partial charge in [-0.15, -0.1) is 0 Å². The van der Waals surface area contributed by atoms with E-state index in [-0.39, 0.29) is 5.56 Å². The average Bonchev–Trinajstić information content (AvgIpc) is 2.83. The first-order chi connectivity index (χ1) is 7.63. The molecule has 0 atom stereocenters. The Labute approximate surface area is 90.5 Å². The van der Waals surface area contributed by atoms with Crippen LogP contribution in [0.5, 0.6) is 0 Å². The van der Waals surface area contributed by atoms with Gasteiger partial charge in [0.25, 0.3) is 5.91 Å². The Bertz CT molecular complexity index is 554. The van der Waals surface area contributed by atoms with Crippen molar-refractivity contribution in [3.05, 3.63) is 29.7 Å². The second-order valence-corrected chi connectivity index (χ2v) is 3.20. The zero-order chi connectivity index (χ0) is 11.7. The summed E-state index contributed by atoms with van der Waals surface area (Å²) in [5.41, 5.74) is 5.77. The van der Waals surface area contributed by atoms with Gasteiger partial charge in [0, 0.05) is 13.2 Å².